The number of rotatable bonds is 3. The molecule has 17 heavy (non-hydrogen) atoms. The van der Waals surface area contributed by atoms with E-state index in [0.717, 1.165) is 29.6 Å². The van der Waals surface area contributed by atoms with Crippen LogP contribution in [-0.4, -0.2) is 12.0 Å². The number of anilines is 1. The summed E-state index contributed by atoms with van der Waals surface area (Å²) in [6.07, 6.45) is 2.05. The third-order valence-electron chi connectivity index (χ3n) is 2.94. The highest BCUT2D eigenvalue weighted by Crippen LogP contribution is 2.24. The molecule has 0 atom stereocenters. The Morgan fingerprint density at radius 3 is 2.71 bits per heavy atom. The monoisotopic (exact) mass is 232 g/mol. The summed E-state index contributed by atoms with van der Waals surface area (Å²) in [5, 5.41) is 4.11. The predicted molar refractivity (Wildman–Crippen MR) is 70.0 cm³/mol. The molecular weight excluding hydrogens is 215 g/mol. The minimum atomic E-state index is -0.229. The van der Waals surface area contributed by atoms with Crippen LogP contribution in [0.15, 0.2) is 18.2 Å². The molecule has 1 heterocycles. The second-order valence-electron chi connectivity index (χ2n) is 4.29. The van der Waals surface area contributed by atoms with Gasteiger partial charge < -0.3 is 5.32 Å². The molecule has 1 aromatic heterocycles. The van der Waals surface area contributed by atoms with Crippen LogP contribution < -0.4 is 5.32 Å². The number of fused-ring (bicyclic) bond motifs is 1. The second kappa shape index (κ2) is 4.70. The lowest BCUT2D eigenvalue weighted by Crippen LogP contribution is -2.00. The second-order valence-corrected chi connectivity index (χ2v) is 4.29. The van der Waals surface area contributed by atoms with Gasteiger partial charge in [0.05, 0.1) is 5.52 Å². The van der Waals surface area contributed by atoms with E-state index in [1.54, 1.807) is 6.07 Å². The Bertz CT molecular complexity index is 549. The molecule has 3 heteroatoms. The molecule has 0 aliphatic heterocycles. The highest BCUT2D eigenvalue weighted by Gasteiger charge is 2.08. The lowest BCUT2D eigenvalue weighted by atomic mass is 10.0. The fourth-order valence-corrected chi connectivity index (χ4v) is 2.13. The molecule has 0 aliphatic carbocycles. The summed E-state index contributed by atoms with van der Waals surface area (Å²) in [6.45, 7) is 4.06. The van der Waals surface area contributed by atoms with Crippen molar-refractivity contribution in [3.05, 3.63) is 35.1 Å². The van der Waals surface area contributed by atoms with Gasteiger partial charge in [-0.25, -0.2) is 9.37 Å². The van der Waals surface area contributed by atoms with Crippen LogP contribution in [0.25, 0.3) is 10.9 Å². The van der Waals surface area contributed by atoms with Crippen LogP contribution >= 0.6 is 0 Å². The van der Waals surface area contributed by atoms with Crippen LogP contribution in [0, 0.1) is 12.7 Å². The molecule has 1 N–H and O–H groups in total. The lowest BCUT2D eigenvalue weighted by Gasteiger charge is -2.11. The zero-order chi connectivity index (χ0) is 12.4. The van der Waals surface area contributed by atoms with Crippen molar-refractivity contribution in [2.45, 2.75) is 26.7 Å². The first-order valence-electron chi connectivity index (χ1n) is 5.93. The van der Waals surface area contributed by atoms with Gasteiger partial charge in [-0.15, -0.1) is 0 Å². The van der Waals surface area contributed by atoms with Crippen LogP contribution in [0.4, 0.5) is 10.2 Å². The molecule has 0 aliphatic rings. The van der Waals surface area contributed by atoms with Crippen molar-refractivity contribution in [2.75, 3.05) is 12.4 Å². The number of aryl methyl sites for hydroxylation is 2. The van der Waals surface area contributed by atoms with Gasteiger partial charge in [0.2, 0.25) is 0 Å². The van der Waals surface area contributed by atoms with E-state index in [1.165, 1.54) is 11.6 Å². The average Bonchev–Trinajstić information content (AvgIpc) is 2.29. The Hall–Kier alpha value is -1.64. The van der Waals surface area contributed by atoms with E-state index in [9.17, 15) is 4.39 Å². The zero-order valence-electron chi connectivity index (χ0n) is 10.5. The molecule has 0 amide bonds. The predicted octanol–water partition coefficient (Wildman–Crippen LogP) is 3.68. The fourth-order valence-electron chi connectivity index (χ4n) is 2.13. The number of nitrogens with zero attached hydrogens (tertiary/aromatic N) is 1. The summed E-state index contributed by atoms with van der Waals surface area (Å²) in [6, 6.07) is 5.16. The van der Waals surface area contributed by atoms with Gasteiger partial charge in [-0.3, -0.25) is 0 Å². The Kier molecular flexibility index (Phi) is 3.27. The standard InChI is InChI=1S/C14H17FN2/c1-4-5-10-7-12-9(2)6-11(15)8-13(12)17-14(10)16-3/h6-8H,4-5H2,1-3H3,(H,16,17). The zero-order valence-corrected chi connectivity index (χ0v) is 10.5. The van der Waals surface area contributed by atoms with E-state index in [0.29, 0.717) is 5.52 Å². The van der Waals surface area contributed by atoms with Crippen molar-refractivity contribution in [3.8, 4) is 0 Å². The number of benzene rings is 1. The lowest BCUT2D eigenvalue weighted by molar-refractivity contribution is 0.628. The van der Waals surface area contributed by atoms with Crippen LogP contribution in [0.1, 0.15) is 24.5 Å². The summed E-state index contributed by atoms with van der Waals surface area (Å²) in [5.74, 6) is 0.622. The van der Waals surface area contributed by atoms with Gasteiger partial charge in [0.15, 0.2) is 0 Å². The van der Waals surface area contributed by atoms with Crippen molar-refractivity contribution in [1.29, 1.82) is 0 Å². The minimum absolute atomic E-state index is 0.229. The van der Waals surface area contributed by atoms with Crippen molar-refractivity contribution in [3.63, 3.8) is 0 Å². The Balaban J connectivity index is 2.69. The number of pyridine rings is 1. The topological polar surface area (TPSA) is 24.9 Å². The summed E-state index contributed by atoms with van der Waals surface area (Å²) in [7, 11) is 1.85. The molecule has 1 aromatic carbocycles. The maximum Gasteiger partial charge on any atom is 0.129 e. The largest absolute Gasteiger partial charge is 0.373 e. The van der Waals surface area contributed by atoms with Gasteiger partial charge in [-0.2, -0.15) is 0 Å². The molecule has 0 spiro atoms. The first-order valence-corrected chi connectivity index (χ1v) is 5.93. The third-order valence-corrected chi connectivity index (χ3v) is 2.94. The Morgan fingerprint density at radius 2 is 2.06 bits per heavy atom. The van der Waals surface area contributed by atoms with Crippen molar-refractivity contribution in [1.82, 2.24) is 4.98 Å². The van der Waals surface area contributed by atoms with Gasteiger partial charge in [0, 0.05) is 18.5 Å². The molecule has 0 radical (unpaired) electrons. The quantitative estimate of drug-likeness (QED) is 0.873. The highest BCUT2D eigenvalue weighted by molar-refractivity contribution is 5.84. The average molecular weight is 232 g/mol. The van der Waals surface area contributed by atoms with E-state index in [4.69, 9.17) is 0 Å². The minimum Gasteiger partial charge on any atom is -0.373 e. The molecule has 0 saturated carbocycles. The fraction of sp³-hybridized carbons (Fsp3) is 0.357. The van der Waals surface area contributed by atoms with Crippen molar-refractivity contribution < 1.29 is 4.39 Å². The smallest absolute Gasteiger partial charge is 0.129 e. The maximum absolute atomic E-state index is 13.3. The van der Waals surface area contributed by atoms with E-state index < -0.39 is 0 Å². The summed E-state index contributed by atoms with van der Waals surface area (Å²) < 4.78 is 13.3. The van der Waals surface area contributed by atoms with Crippen molar-refractivity contribution in [2.24, 2.45) is 0 Å². The first-order chi connectivity index (χ1) is 8.15. The maximum atomic E-state index is 13.3. The molecule has 90 valence electrons. The number of halogens is 1. The van der Waals surface area contributed by atoms with E-state index in [1.807, 2.05) is 14.0 Å². The molecule has 0 bridgehead atoms. The number of aromatic nitrogens is 1. The van der Waals surface area contributed by atoms with E-state index in [-0.39, 0.29) is 5.82 Å². The van der Waals surface area contributed by atoms with Gasteiger partial charge in [0.25, 0.3) is 0 Å². The Morgan fingerprint density at radius 1 is 1.29 bits per heavy atom. The van der Waals surface area contributed by atoms with E-state index in [2.05, 4.69) is 23.3 Å². The summed E-state index contributed by atoms with van der Waals surface area (Å²) in [4.78, 5) is 4.48. The highest BCUT2D eigenvalue weighted by atomic mass is 19.1. The Labute approximate surface area is 101 Å². The molecule has 2 nitrogen and oxygen atoms in total. The van der Waals surface area contributed by atoms with E-state index >= 15 is 0 Å². The van der Waals surface area contributed by atoms with Gasteiger partial charge in [-0.05, 0) is 36.6 Å². The molecular formula is C14H17FN2. The van der Waals surface area contributed by atoms with Crippen LogP contribution in [-0.2, 0) is 6.42 Å². The summed E-state index contributed by atoms with van der Waals surface area (Å²) in [5.41, 5.74) is 2.84. The number of hydrogen-bond acceptors (Lipinski definition) is 2. The summed E-state index contributed by atoms with van der Waals surface area (Å²) >= 11 is 0. The number of hydrogen-bond donors (Lipinski definition) is 1. The molecule has 2 rings (SSSR count). The first kappa shape index (κ1) is 11.8. The molecule has 2 aromatic rings. The van der Waals surface area contributed by atoms with Crippen LogP contribution in [0.5, 0.6) is 0 Å². The molecule has 0 saturated heterocycles. The number of nitrogens with one attached hydrogen (secondary N) is 1. The normalized spacial score (nSPS) is 10.8. The van der Waals surface area contributed by atoms with Crippen molar-refractivity contribution >= 4 is 16.7 Å². The van der Waals surface area contributed by atoms with Crippen LogP contribution in [0.3, 0.4) is 0 Å². The van der Waals surface area contributed by atoms with Gasteiger partial charge in [0.1, 0.15) is 11.6 Å². The van der Waals surface area contributed by atoms with Gasteiger partial charge in [-0.1, -0.05) is 13.3 Å². The third kappa shape index (κ3) is 2.23. The molecule has 0 unspecified atom stereocenters. The SMILES string of the molecule is CCCc1cc2c(C)cc(F)cc2nc1NC. The van der Waals surface area contributed by atoms with Crippen LogP contribution in [0.2, 0.25) is 0 Å². The van der Waals surface area contributed by atoms with Gasteiger partial charge >= 0.3 is 0 Å². The molecule has 0 fully saturated rings.